The first-order valence-corrected chi connectivity index (χ1v) is 10.3. The van der Waals surface area contributed by atoms with E-state index in [0.717, 1.165) is 31.6 Å². The number of nitrogens with one attached hydrogen (secondary N) is 2. The number of hydrogen-bond donors (Lipinski definition) is 2. The number of rotatable bonds is 8. The van der Waals surface area contributed by atoms with Gasteiger partial charge in [0, 0.05) is 36.5 Å². The monoisotopic (exact) mass is 425 g/mol. The Labute approximate surface area is 181 Å². The molecule has 0 unspecified atom stereocenters. The zero-order valence-electron chi connectivity index (χ0n) is 17.5. The van der Waals surface area contributed by atoms with E-state index in [2.05, 4.69) is 20.7 Å². The molecular formula is C22H27N5O4. The van der Waals surface area contributed by atoms with Crippen LogP contribution in [0.5, 0.6) is 5.75 Å². The zero-order valence-corrected chi connectivity index (χ0v) is 17.5. The highest BCUT2D eigenvalue weighted by Gasteiger charge is 2.16. The van der Waals surface area contributed by atoms with E-state index >= 15 is 0 Å². The van der Waals surface area contributed by atoms with Crippen LogP contribution in [-0.2, 0) is 4.79 Å². The van der Waals surface area contributed by atoms with E-state index in [-0.39, 0.29) is 18.1 Å². The summed E-state index contributed by atoms with van der Waals surface area (Å²) in [6.07, 6.45) is 6.00. The number of hydrogen-bond acceptors (Lipinski definition) is 7. The predicted molar refractivity (Wildman–Crippen MR) is 121 cm³/mol. The molecule has 0 aliphatic carbocycles. The Morgan fingerprint density at radius 2 is 1.94 bits per heavy atom. The number of amides is 1. The number of nitro groups is 1. The molecular weight excluding hydrogens is 398 g/mol. The molecule has 1 fully saturated rings. The maximum absolute atomic E-state index is 12.2. The third kappa shape index (κ3) is 6.18. The highest BCUT2D eigenvalue weighted by atomic mass is 16.6. The number of non-ortho nitro benzene ring substituents is 1. The Morgan fingerprint density at radius 1 is 1.19 bits per heavy atom. The van der Waals surface area contributed by atoms with Gasteiger partial charge in [0.15, 0.2) is 0 Å². The molecule has 1 amide bonds. The lowest BCUT2D eigenvalue weighted by Crippen LogP contribution is -2.27. The lowest BCUT2D eigenvalue weighted by molar-refractivity contribution is -0.384. The number of methoxy groups -OCH3 is 1. The third-order valence-electron chi connectivity index (χ3n) is 5.11. The predicted octanol–water partition coefficient (Wildman–Crippen LogP) is 3.55. The van der Waals surface area contributed by atoms with E-state index in [1.165, 1.54) is 31.2 Å². The van der Waals surface area contributed by atoms with Crippen molar-refractivity contribution in [1.29, 1.82) is 0 Å². The van der Waals surface area contributed by atoms with Crippen LogP contribution in [0.3, 0.4) is 0 Å². The summed E-state index contributed by atoms with van der Waals surface area (Å²) >= 11 is 0. The second-order valence-electron chi connectivity index (χ2n) is 7.25. The highest BCUT2D eigenvalue weighted by Crippen LogP contribution is 2.27. The molecule has 0 saturated carbocycles. The Balaban J connectivity index is 1.67. The van der Waals surface area contributed by atoms with Gasteiger partial charge in [0.1, 0.15) is 5.75 Å². The Morgan fingerprint density at radius 3 is 2.65 bits per heavy atom. The molecule has 0 bridgehead atoms. The number of carbonyl (C=O) groups is 1. The maximum atomic E-state index is 12.2. The average Bonchev–Trinajstić information content (AvgIpc) is 3.07. The summed E-state index contributed by atoms with van der Waals surface area (Å²) in [6.45, 7) is 1.80. The molecule has 2 N–H and O–H groups in total. The Hall–Kier alpha value is -3.62. The van der Waals surface area contributed by atoms with Gasteiger partial charge in [-0.3, -0.25) is 14.9 Å². The quantitative estimate of drug-likeness (QED) is 0.380. The van der Waals surface area contributed by atoms with Crippen LogP contribution in [0.2, 0.25) is 0 Å². The summed E-state index contributed by atoms with van der Waals surface area (Å²) in [6, 6.07) is 12.0. The minimum absolute atomic E-state index is 0.00559. The first kappa shape index (κ1) is 22.1. The van der Waals surface area contributed by atoms with Crippen LogP contribution in [0.1, 0.15) is 31.2 Å². The van der Waals surface area contributed by atoms with Gasteiger partial charge in [0.2, 0.25) is 0 Å². The molecule has 31 heavy (non-hydrogen) atoms. The minimum atomic E-state index is -0.431. The summed E-state index contributed by atoms with van der Waals surface area (Å²) in [4.78, 5) is 25.2. The van der Waals surface area contributed by atoms with Gasteiger partial charge in [-0.15, -0.1) is 0 Å². The van der Waals surface area contributed by atoms with Gasteiger partial charge in [0.25, 0.3) is 11.6 Å². The first-order valence-electron chi connectivity index (χ1n) is 10.3. The van der Waals surface area contributed by atoms with Crippen LogP contribution in [0.4, 0.5) is 17.1 Å². The summed E-state index contributed by atoms with van der Waals surface area (Å²) in [5.41, 5.74) is 4.65. The Bertz CT molecular complexity index is 939. The number of carbonyl (C=O) groups excluding carboxylic acids is 1. The van der Waals surface area contributed by atoms with Crippen molar-refractivity contribution >= 4 is 29.2 Å². The molecule has 9 heteroatoms. The van der Waals surface area contributed by atoms with E-state index in [0.29, 0.717) is 17.0 Å². The van der Waals surface area contributed by atoms with E-state index in [1.54, 1.807) is 19.2 Å². The van der Waals surface area contributed by atoms with Crippen molar-refractivity contribution in [3.63, 3.8) is 0 Å². The normalized spacial score (nSPS) is 14.2. The molecule has 0 aromatic heterocycles. The topological polar surface area (TPSA) is 109 Å². The van der Waals surface area contributed by atoms with E-state index in [9.17, 15) is 14.9 Å². The summed E-state index contributed by atoms with van der Waals surface area (Å²) < 4.78 is 5.24. The average molecular weight is 425 g/mol. The smallest absolute Gasteiger partial charge is 0.270 e. The maximum Gasteiger partial charge on any atom is 0.270 e. The van der Waals surface area contributed by atoms with Gasteiger partial charge >= 0.3 is 0 Å². The van der Waals surface area contributed by atoms with Gasteiger partial charge in [0.05, 0.1) is 30.5 Å². The van der Waals surface area contributed by atoms with E-state index in [1.807, 2.05) is 18.2 Å². The molecule has 3 rings (SSSR count). The van der Waals surface area contributed by atoms with Crippen molar-refractivity contribution in [1.82, 2.24) is 5.43 Å². The van der Waals surface area contributed by atoms with Gasteiger partial charge in [-0.1, -0.05) is 25.0 Å². The van der Waals surface area contributed by atoms with E-state index in [4.69, 9.17) is 4.74 Å². The lowest BCUT2D eigenvalue weighted by Gasteiger charge is -2.24. The van der Waals surface area contributed by atoms with Crippen molar-refractivity contribution in [3.05, 3.63) is 58.1 Å². The molecule has 9 nitrogen and oxygen atoms in total. The number of nitro benzene ring substituents is 1. The number of hydrazone groups is 1. The highest BCUT2D eigenvalue weighted by molar-refractivity contribution is 5.90. The van der Waals surface area contributed by atoms with Crippen molar-refractivity contribution in [3.8, 4) is 5.75 Å². The van der Waals surface area contributed by atoms with Gasteiger partial charge in [-0.25, -0.2) is 5.43 Å². The largest absolute Gasteiger partial charge is 0.495 e. The van der Waals surface area contributed by atoms with Crippen molar-refractivity contribution in [2.75, 3.05) is 37.0 Å². The third-order valence-corrected chi connectivity index (χ3v) is 5.11. The van der Waals surface area contributed by atoms with Gasteiger partial charge in [-0.2, -0.15) is 5.10 Å². The molecule has 0 radical (unpaired) electrons. The van der Waals surface area contributed by atoms with Crippen LogP contribution in [0.15, 0.2) is 47.6 Å². The van der Waals surface area contributed by atoms with Crippen LogP contribution in [-0.4, -0.2) is 43.8 Å². The fourth-order valence-corrected chi connectivity index (χ4v) is 3.54. The molecule has 1 heterocycles. The number of para-hydroxylation sites is 2. The van der Waals surface area contributed by atoms with E-state index < -0.39 is 4.92 Å². The number of nitrogens with zero attached hydrogens (tertiary/aromatic N) is 3. The standard InChI is InChI=1S/C22H27N5O4/c1-31-21-9-5-4-8-19(21)23-16-22(28)25-24-15-17-14-18(27(29)30)10-11-20(17)26-12-6-2-3-7-13-26/h4-5,8-11,14-15,23H,2-3,6-7,12-13,16H2,1H3,(H,25,28)/b24-15-. The molecule has 2 aromatic carbocycles. The molecule has 1 aliphatic heterocycles. The van der Waals surface area contributed by atoms with Crippen LogP contribution in [0, 0.1) is 10.1 Å². The molecule has 1 saturated heterocycles. The van der Waals surface area contributed by atoms with Crippen LogP contribution >= 0.6 is 0 Å². The number of anilines is 2. The van der Waals surface area contributed by atoms with Crippen molar-refractivity contribution < 1.29 is 14.5 Å². The summed E-state index contributed by atoms with van der Waals surface area (Å²) in [5, 5.41) is 18.2. The fraction of sp³-hybridized carbons (Fsp3) is 0.364. The zero-order chi connectivity index (χ0) is 22.1. The van der Waals surface area contributed by atoms with Gasteiger partial charge in [-0.05, 0) is 31.0 Å². The number of benzene rings is 2. The molecule has 2 aromatic rings. The lowest BCUT2D eigenvalue weighted by atomic mass is 10.1. The fourth-order valence-electron chi connectivity index (χ4n) is 3.54. The molecule has 164 valence electrons. The minimum Gasteiger partial charge on any atom is -0.495 e. The molecule has 1 aliphatic rings. The van der Waals surface area contributed by atoms with Crippen molar-refractivity contribution in [2.45, 2.75) is 25.7 Å². The van der Waals surface area contributed by atoms with Crippen LogP contribution in [0.25, 0.3) is 0 Å². The molecule has 0 spiro atoms. The molecule has 0 atom stereocenters. The second-order valence-corrected chi connectivity index (χ2v) is 7.25. The van der Waals surface area contributed by atoms with Crippen LogP contribution < -0.4 is 20.4 Å². The number of ether oxygens (including phenoxy) is 1. The van der Waals surface area contributed by atoms with Crippen molar-refractivity contribution in [2.24, 2.45) is 5.10 Å². The second kappa shape index (κ2) is 11.0. The first-order chi connectivity index (χ1) is 15.1. The SMILES string of the molecule is COc1ccccc1NCC(=O)N/N=C\c1cc([N+](=O)[O-])ccc1N1CCCCCC1. The van der Waals surface area contributed by atoms with Gasteiger partial charge < -0.3 is 15.0 Å². The Kier molecular flexibility index (Phi) is 7.80. The summed E-state index contributed by atoms with van der Waals surface area (Å²) in [7, 11) is 1.56. The summed E-state index contributed by atoms with van der Waals surface area (Å²) in [5.74, 6) is 0.293.